The maximum absolute atomic E-state index is 14.6. The van der Waals surface area contributed by atoms with Gasteiger partial charge in [-0.05, 0) is 44.2 Å². The van der Waals surface area contributed by atoms with Gasteiger partial charge in [0, 0.05) is 52.3 Å². The Morgan fingerprint density at radius 3 is 2.53 bits per heavy atom. The van der Waals surface area contributed by atoms with Crippen LogP contribution in [0.2, 0.25) is 0 Å². The number of carbonyl (C=O) groups is 1. The van der Waals surface area contributed by atoms with Crippen LogP contribution in [-0.2, 0) is 6.54 Å². The molecule has 2 heterocycles. The summed E-state index contributed by atoms with van der Waals surface area (Å²) in [7, 11) is 0. The van der Waals surface area contributed by atoms with E-state index in [0.29, 0.717) is 27.7 Å². The van der Waals surface area contributed by atoms with Crippen LogP contribution in [0.4, 0.5) is 10.1 Å². The molecule has 2 aromatic heterocycles. The average Bonchev–Trinajstić information content (AvgIpc) is 3.02. The summed E-state index contributed by atoms with van der Waals surface area (Å²) in [5.41, 5.74) is 2.76. The highest BCUT2D eigenvalue weighted by Crippen LogP contribution is 2.35. The Bertz CT molecular complexity index is 1470. The number of hydrogen-bond acceptors (Lipinski definition) is 4. The molecule has 0 saturated heterocycles. The molecule has 0 aliphatic heterocycles. The lowest BCUT2D eigenvalue weighted by atomic mass is 10.0. The number of nitro benzene ring substituents is 1. The van der Waals surface area contributed by atoms with E-state index in [-0.39, 0.29) is 34.8 Å². The molecule has 0 saturated carbocycles. The number of aryl methyl sites for hydroxylation is 2. The minimum atomic E-state index is -0.617. The molecule has 0 bridgehead atoms. The number of H-pyrrole nitrogens is 1. The van der Waals surface area contributed by atoms with Crippen molar-refractivity contribution in [1.82, 2.24) is 9.55 Å². The topological polar surface area (TPSA) is 98.0 Å². The first-order valence-electron chi connectivity index (χ1n) is 9.94. The lowest BCUT2D eigenvalue weighted by molar-refractivity contribution is -0.385. The van der Waals surface area contributed by atoms with Gasteiger partial charge in [-0.25, -0.2) is 4.39 Å². The van der Waals surface area contributed by atoms with Crippen LogP contribution >= 0.6 is 0 Å². The maximum Gasteiger partial charge on any atom is 0.269 e. The fraction of sp³-hybridized carbons (Fsp3) is 0.167. The van der Waals surface area contributed by atoms with E-state index in [1.165, 1.54) is 6.92 Å². The van der Waals surface area contributed by atoms with Crippen molar-refractivity contribution >= 4 is 22.4 Å². The summed E-state index contributed by atoms with van der Waals surface area (Å²) in [6.45, 7) is 4.93. The third-order valence-electron chi connectivity index (χ3n) is 5.45. The molecule has 0 fully saturated rings. The Hall–Kier alpha value is -4.07. The highest BCUT2D eigenvalue weighted by atomic mass is 19.1. The van der Waals surface area contributed by atoms with Gasteiger partial charge in [0.1, 0.15) is 5.82 Å². The first kappa shape index (κ1) is 21.2. The number of aromatic amines is 1. The second-order valence-corrected chi connectivity index (χ2v) is 7.80. The van der Waals surface area contributed by atoms with Crippen molar-refractivity contribution in [2.24, 2.45) is 0 Å². The number of fused-ring (bicyclic) bond motifs is 1. The van der Waals surface area contributed by atoms with Crippen LogP contribution in [0.1, 0.15) is 34.2 Å². The minimum absolute atomic E-state index is 0.0727. The van der Waals surface area contributed by atoms with E-state index in [0.717, 1.165) is 23.8 Å². The number of ketones is 1. The van der Waals surface area contributed by atoms with Gasteiger partial charge in [0.15, 0.2) is 5.78 Å². The van der Waals surface area contributed by atoms with Crippen molar-refractivity contribution in [2.75, 3.05) is 0 Å². The van der Waals surface area contributed by atoms with Crippen molar-refractivity contribution in [3.8, 4) is 11.1 Å². The summed E-state index contributed by atoms with van der Waals surface area (Å²) in [6.07, 6.45) is 0. The van der Waals surface area contributed by atoms with Gasteiger partial charge in [0.2, 0.25) is 0 Å². The normalized spacial score (nSPS) is 11.1. The second-order valence-electron chi connectivity index (χ2n) is 7.80. The Balaban J connectivity index is 2.05. The predicted octanol–water partition coefficient (Wildman–Crippen LogP) is 4.91. The molecule has 2 aromatic carbocycles. The standard InChI is InChI=1S/C24H20FN3O4/c1-13-4-9-21-19(10-13)22(18-7-5-14(2)26-24(18)30)23(15(3)29)27(21)12-16-11-17(28(31)32)6-8-20(16)25/h4-11H,12H2,1-3H3,(H,26,30). The number of pyridine rings is 1. The van der Waals surface area contributed by atoms with E-state index in [1.54, 1.807) is 29.7 Å². The first-order chi connectivity index (χ1) is 15.2. The number of benzene rings is 2. The monoisotopic (exact) mass is 433 g/mol. The molecule has 162 valence electrons. The van der Waals surface area contributed by atoms with Gasteiger partial charge in [0.05, 0.1) is 17.2 Å². The van der Waals surface area contributed by atoms with Crippen LogP contribution in [0.3, 0.4) is 0 Å². The van der Waals surface area contributed by atoms with Gasteiger partial charge in [0.25, 0.3) is 11.2 Å². The number of Topliss-reactive ketones (excluding diaryl/α,β-unsaturated/α-hetero) is 1. The molecule has 8 heteroatoms. The van der Waals surface area contributed by atoms with Crippen LogP contribution in [0.25, 0.3) is 22.0 Å². The van der Waals surface area contributed by atoms with Crippen LogP contribution in [0.15, 0.2) is 53.3 Å². The van der Waals surface area contributed by atoms with Crippen molar-refractivity contribution in [2.45, 2.75) is 27.3 Å². The van der Waals surface area contributed by atoms with Gasteiger partial charge < -0.3 is 9.55 Å². The van der Waals surface area contributed by atoms with E-state index in [2.05, 4.69) is 4.98 Å². The lowest BCUT2D eigenvalue weighted by Gasteiger charge is -2.11. The number of rotatable bonds is 5. The molecule has 0 spiro atoms. The van der Waals surface area contributed by atoms with Gasteiger partial charge in [-0.3, -0.25) is 19.7 Å². The van der Waals surface area contributed by atoms with E-state index in [9.17, 15) is 24.1 Å². The molecule has 0 atom stereocenters. The number of non-ortho nitro benzene ring substituents is 1. The zero-order valence-electron chi connectivity index (χ0n) is 17.7. The number of nitrogens with one attached hydrogen (secondary N) is 1. The third-order valence-corrected chi connectivity index (χ3v) is 5.45. The van der Waals surface area contributed by atoms with Crippen molar-refractivity contribution < 1.29 is 14.1 Å². The number of nitrogens with zero attached hydrogens (tertiary/aromatic N) is 2. The Labute approximate surface area is 182 Å². The summed E-state index contributed by atoms with van der Waals surface area (Å²) in [4.78, 5) is 38.9. The summed E-state index contributed by atoms with van der Waals surface area (Å²) in [5, 5.41) is 11.9. The van der Waals surface area contributed by atoms with E-state index >= 15 is 0 Å². The molecule has 0 radical (unpaired) electrons. The molecule has 4 aromatic rings. The molecule has 0 unspecified atom stereocenters. The van der Waals surface area contributed by atoms with Crippen molar-refractivity contribution in [3.05, 3.63) is 97.3 Å². The van der Waals surface area contributed by atoms with Gasteiger partial charge in [-0.1, -0.05) is 11.6 Å². The highest BCUT2D eigenvalue weighted by Gasteiger charge is 2.24. The number of aromatic nitrogens is 2. The second kappa shape index (κ2) is 7.88. The van der Waals surface area contributed by atoms with E-state index < -0.39 is 10.7 Å². The van der Waals surface area contributed by atoms with Crippen molar-refractivity contribution in [1.29, 1.82) is 0 Å². The summed E-state index contributed by atoms with van der Waals surface area (Å²) < 4.78 is 16.2. The third kappa shape index (κ3) is 3.60. The molecular formula is C24H20FN3O4. The summed E-state index contributed by atoms with van der Waals surface area (Å²) in [5.74, 6) is -0.923. The molecular weight excluding hydrogens is 413 g/mol. The number of carbonyl (C=O) groups excluding carboxylic acids is 1. The molecule has 0 aliphatic rings. The quantitative estimate of drug-likeness (QED) is 0.275. The Morgan fingerprint density at radius 2 is 1.88 bits per heavy atom. The zero-order valence-corrected chi connectivity index (χ0v) is 17.7. The van der Waals surface area contributed by atoms with Crippen LogP contribution in [0.5, 0.6) is 0 Å². The maximum atomic E-state index is 14.6. The van der Waals surface area contributed by atoms with Crippen molar-refractivity contribution in [3.63, 3.8) is 0 Å². The average molecular weight is 433 g/mol. The molecule has 7 nitrogen and oxygen atoms in total. The molecule has 0 amide bonds. The molecule has 32 heavy (non-hydrogen) atoms. The van der Waals surface area contributed by atoms with Gasteiger partial charge >= 0.3 is 0 Å². The van der Waals surface area contributed by atoms with Gasteiger partial charge in [-0.15, -0.1) is 0 Å². The fourth-order valence-electron chi connectivity index (χ4n) is 4.01. The summed E-state index contributed by atoms with van der Waals surface area (Å²) >= 11 is 0. The predicted molar refractivity (Wildman–Crippen MR) is 120 cm³/mol. The number of nitro groups is 1. The molecule has 0 aliphatic carbocycles. The largest absolute Gasteiger partial charge is 0.333 e. The Morgan fingerprint density at radius 1 is 1.12 bits per heavy atom. The SMILES string of the molecule is CC(=O)c1c(-c2ccc(C)[nH]c2=O)c2cc(C)ccc2n1Cc1cc([N+](=O)[O-])ccc1F. The fourth-order valence-corrected chi connectivity index (χ4v) is 4.01. The first-order valence-corrected chi connectivity index (χ1v) is 9.94. The van der Waals surface area contributed by atoms with Crippen LogP contribution in [0, 0.1) is 29.8 Å². The number of halogens is 1. The molecule has 4 rings (SSSR count). The summed E-state index contributed by atoms with van der Waals surface area (Å²) in [6, 6.07) is 12.2. The minimum Gasteiger partial charge on any atom is -0.333 e. The number of hydrogen-bond donors (Lipinski definition) is 1. The smallest absolute Gasteiger partial charge is 0.269 e. The van der Waals surface area contributed by atoms with Crippen LogP contribution < -0.4 is 5.56 Å². The Kier molecular flexibility index (Phi) is 5.22. The molecule has 1 N–H and O–H groups in total. The lowest BCUT2D eigenvalue weighted by Crippen LogP contribution is -2.13. The highest BCUT2D eigenvalue weighted by molar-refractivity contribution is 6.10. The van der Waals surface area contributed by atoms with E-state index in [4.69, 9.17) is 0 Å². The van der Waals surface area contributed by atoms with E-state index in [1.807, 2.05) is 19.1 Å². The van der Waals surface area contributed by atoms with Crippen LogP contribution in [-0.4, -0.2) is 20.3 Å². The zero-order chi connectivity index (χ0) is 23.2. The van der Waals surface area contributed by atoms with Gasteiger partial charge in [-0.2, -0.15) is 0 Å².